The summed E-state index contributed by atoms with van der Waals surface area (Å²) in [5.74, 6) is -0.412. The van der Waals surface area contributed by atoms with E-state index in [1.54, 1.807) is 18.2 Å². The van der Waals surface area contributed by atoms with Crippen LogP contribution in [0.3, 0.4) is 0 Å². The molecule has 2 N–H and O–H groups in total. The van der Waals surface area contributed by atoms with Crippen molar-refractivity contribution < 1.29 is 9.53 Å². The van der Waals surface area contributed by atoms with Gasteiger partial charge in [-0.3, -0.25) is 0 Å². The summed E-state index contributed by atoms with van der Waals surface area (Å²) in [6, 6.07) is 4.77. The number of hydrogen-bond acceptors (Lipinski definition) is 4. The molecule has 0 heterocycles. The molecule has 5 heteroatoms. The van der Waals surface area contributed by atoms with E-state index in [0.29, 0.717) is 22.8 Å². The molecular weight excluding hydrogens is 264 g/mol. The molecule has 106 valence electrons. The summed E-state index contributed by atoms with van der Waals surface area (Å²) in [6.07, 6.45) is -0.180. The predicted octanol–water partition coefficient (Wildman–Crippen LogP) is 2.81. The molecule has 19 heavy (non-hydrogen) atoms. The van der Waals surface area contributed by atoms with Gasteiger partial charge >= 0.3 is 5.97 Å². The van der Waals surface area contributed by atoms with Gasteiger partial charge in [-0.25, -0.2) is 4.79 Å². The molecular formula is C14H21ClN2O2. The number of ether oxygens (including phenoxy) is 1. The fourth-order valence-corrected chi connectivity index (χ4v) is 2.09. The lowest BCUT2D eigenvalue weighted by Crippen LogP contribution is -2.33. The molecule has 0 aliphatic rings. The molecule has 1 atom stereocenters. The highest BCUT2D eigenvalue weighted by Gasteiger charge is 2.16. The SMILES string of the molecule is CCN(CC)CC(C)OC(=O)c1ccc(N)cc1Cl. The van der Waals surface area contributed by atoms with Gasteiger partial charge in [0.05, 0.1) is 10.6 Å². The van der Waals surface area contributed by atoms with Gasteiger partial charge in [0.15, 0.2) is 0 Å². The van der Waals surface area contributed by atoms with Crippen LogP contribution in [0.5, 0.6) is 0 Å². The highest BCUT2D eigenvalue weighted by Crippen LogP contribution is 2.20. The molecule has 4 nitrogen and oxygen atoms in total. The first kappa shape index (κ1) is 15.8. The Bertz CT molecular complexity index is 433. The Morgan fingerprint density at radius 2 is 2.05 bits per heavy atom. The monoisotopic (exact) mass is 284 g/mol. The van der Waals surface area contributed by atoms with Crippen molar-refractivity contribution in [1.82, 2.24) is 4.90 Å². The number of rotatable bonds is 6. The average molecular weight is 285 g/mol. The predicted molar refractivity (Wildman–Crippen MR) is 78.5 cm³/mol. The minimum atomic E-state index is -0.412. The van der Waals surface area contributed by atoms with Crippen LogP contribution in [0.1, 0.15) is 31.1 Å². The first-order valence-corrected chi connectivity index (χ1v) is 6.84. The van der Waals surface area contributed by atoms with Crippen LogP contribution in [0, 0.1) is 0 Å². The number of likely N-dealkylation sites (N-methyl/N-ethyl adjacent to an activating group) is 1. The molecule has 1 rings (SSSR count). The van der Waals surface area contributed by atoms with Gasteiger partial charge in [-0.2, -0.15) is 0 Å². The Morgan fingerprint density at radius 1 is 1.42 bits per heavy atom. The summed E-state index contributed by atoms with van der Waals surface area (Å²) >= 11 is 5.98. The molecule has 1 unspecified atom stereocenters. The molecule has 0 bridgehead atoms. The lowest BCUT2D eigenvalue weighted by Gasteiger charge is -2.22. The first-order valence-electron chi connectivity index (χ1n) is 6.46. The van der Waals surface area contributed by atoms with Gasteiger partial charge in [-0.05, 0) is 38.2 Å². The van der Waals surface area contributed by atoms with Crippen LogP contribution in [0.2, 0.25) is 5.02 Å². The van der Waals surface area contributed by atoms with Crippen LogP contribution < -0.4 is 5.73 Å². The average Bonchev–Trinajstić information content (AvgIpc) is 2.35. The van der Waals surface area contributed by atoms with Gasteiger partial charge in [-0.15, -0.1) is 0 Å². The van der Waals surface area contributed by atoms with E-state index in [-0.39, 0.29) is 6.10 Å². The Hall–Kier alpha value is -1.26. The van der Waals surface area contributed by atoms with Crippen molar-refractivity contribution in [2.45, 2.75) is 26.9 Å². The second kappa shape index (κ2) is 7.36. The van der Waals surface area contributed by atoms with E-state index in [2.05, 4.69) is 18.7 Å². The lowest BCUT2D eigenvalue weighted by atomic mass is 10.2. The zero-order chi connectivity index (χ0) is 14.4. The van der Waals surface area contributed by atoms with Crippen molar-refractivity contribution in [2.75, 3.05) is 25.4 Å². The maximum atomic E-state index is 12.0. The number of benzene rings is 1. The van der Waals surface area contributed by atoms with Crippen LogP contribution in [0.15, 0.2) is 18.2 Å². The van der Waals surface area contributed by atoms with Crippen molar-refractivity contribution in [3.8, 4) is 0 Å². The van der Waals surface area contributed by atoms with Crippen molar-refractivity contribution >= 4 is 23.3 Å². The molecule has 0 amide bonds. The molecule has 1 aromatic rings. The molecule has 0 saturated heterocycles. The molecule has 0 spiro atoms. The highest BCUT2D eigenvalue weighted by atomic mass is 35.5. The third-order valence-electron chi connectivity index (χ3n) is 2.93. The Kier molecular flexibility index (Phi) is 6.12. The number of nitrogen functional groups attached to an aromatic ring is 1. The first-order chi connectivity index (χ1) is 8.97. The number of esters is 1. The molecule has 1 aromatic carbocycles. The second-order valence-electron chi connectivity index (χ2n) is 4.44. The summed E-state index contributed by atoms with van der Waals surface area (Å²) in [4.78, 5) is 14.2. The zero-order valence-electron chi connectivity index (χ0n) is 11.6. The van der Waals surface area contributed by atoms with Crippen molar-refractivity contribution in [3.63, 3.8) is 0 Å². The van der Waals surface area contributed by atoms with Crippen LogP contribution in [-0.4, -0.2) is 36.6 Å². The molecule has 0 aliphatic carbocycles. The number of nitrogens with zero attached hydrogens (tertiary/aromatic N) is 1. The van der Waals surface area contributed by atoms with E-state index in [1.807, 2.05) is 6.92 Å². The van der Waals surface area contributed by atoms with E-state index in [1.165, 1.54) is 0 Å². The summed E-state index contributed by atoms with van der Waals surface area (Å²) in [5, 5.41) is 0.319. The lowest BCUT2D eigenvalue weighted by molar-refractivity contribution is 0.0261. The zero-order valence-corrected chi connectivity index (χ0v) is 12.4. The number of halogens is 1. The van der Waals surface area contributed by atoms with E-state index >= 15 is 0 Å². The summed E-state index contributed by atoms with van der Waals surface area (Å²) in [5.41, 5.74) is 6.46. The van der Waals surface area contributed by atoms with Crippen molar-refractivity contribution in [2.24, 2.45) is 0 Å². The maximum Gasteiger partial charge on any atom is 0.339 e. The van der Waals surface area contributed by atoms with E-state index < -0.39 is 5.97 Å². The Balaban J connectivity index is 2.63. The van der Waals surface area contributed by atoms with Crippen molar-refractivity contribution in [3.05, 3.63) is 28.8 Å². The number of nitrogens with two attached hydrogens (primary N) is 1. The van der Waals surface area contributed by atoms with Gasteiger partial charge < -0.3 is 15.4 Å². The summed E-state index contributed by atoms with van der Waals surface area (Å²) in [7, 11) is 0. The molecule has 0 aromatic heterocycles. The number of hydrogen-bond donors (Lipinski definition) is 1. The van der Waals surface area contributed by atoms with E-state index in [9.17, 15) is 4.79 Å². The fourth-order valence-electron chi connectivity index (χ4n) is 1.83. The van der Waals surface area contributed by atoms with Gasteiger partial charge in [0.25, 0.3) is 0 Å². The third kappa shape index (κ3) is 4.73. The van der Waals surface area contributed by atoms with Crippen LogP contribution in [0.25, 0.3) is 0 Å². The Morgan fingerprint density at radius 3 is 2.58 bits per heavy atom. The molecule has 0 saturated carbocycles. The fraction of sp³-hybridized carbons (Fsp3) is 0.500. The topological polar surface area (TPSA) is 55.6 Å². The van der Waals surface area contributed by atoms with Gasteiger partial charge in [-0.1, -0.05) is 25.4 Å². The normalized spacial score (nSPS) is 12.5. The minimum Gasteiger partial charge on any atom is -0.458 e. The molecule has 0 aliphatic heterocycles. The standard InChI is InChI=1S/C14H21ClN2O2/c1-4-17(5-2)9-10(3)19-14(18)12-7-6-11(16)8-13(12)15/h6-8,10H,4-5,9,16H2,1-3H3. The van der Waals surface area contributed by atoms with E-state index in [4.69, 9.17) is 22.1 Å². The Labute approximate surface area is 119 Å². The van der Waals surface area contributed by atoms with Gasteiger partial charge in [0.2, 0.25) is 0 Å². The van der Waals surface area contributed by atoms with Crippen LogP contribution >= 0.6 is 11.6 Å². The third-order valence-corrected chi connectivity index (χ3v) is 3.24. The van der Waals surface area contributed by atoms with Crippen LogP contribution in [-0.2, 0) is 4.74 Å². The highest BCUT2D eigenvalue weighted by molar-refractivity contribution is 6.33. The quantitative estimate of drug-likeness (QED) is 0.645. The van der Waals surface area contributed by atoms with Gasteiger partial charge in [0.1, 0.15) is 6.10 Å². The minimum absolute atomic E-state index is 0.180. The molecule has 0 radical (unpaired) electrons. The largest absolute Gasteiger partial charge is 0.458 e. The second-order valence-corrected chi connectivity index (χ2v) is 4.85. The molecule has 0 fully saturated rings. The van der Waals surface area contributed by atoms with E-state index in [0.717, 1.165) is 13.1 Å². The number of carbonyl (C=O) groups is 1. The summed E-state index contributed by atoms with van der Waals surface area (Å²) in [6.45, 7) is 8.61. The number of carbonyl (C=O) groups excluding carboxylic acids is 1. The smallest absolute Gasteiger partial charge is 0.339 e. The maximum absolute atomic E-state index is 12.0. The van der Waals surface area contributed by atoms with Gasteiger partial charge in [0, 0.05) is 12.2 Å². The van der Waals surface area contributed by atoms with Crippen LogP contribution in [0.4, 0.5) is 5.69 Å². The van der Waals surface area contributed by atoms with Crippen molar-refractivity contribution in [1.29, 1.82) is 0 Å². The number of anilines is 1. The summed E-state index contributed by atoms with van der Waals surface area (Å²) < 4.78 is 5.39.